The SMILES string of the molecule is Br.CC(C)(C)OC(=O)c1cc(C(=O)Cn2c(=N)n(Cc3ccccc3)c3ccccc32)cc(C(C)(C)C)c1O. The summed E-state index contributed by atoms with van der Waals surface area (Å²) in [7, 11) is 0. The summed E-state index contributed by atoms with van der Waals surface area (Å²) in [6.45, 7) is 11.4. The minimum Gasteiger partial charge on any atom is -0.507 e. The van der Waals surface area contributed by atoms with Gasteiger partial charge in [0.1, 0.15) is 16.9 Å². The van der Waals surface area contributed by atoms with Crippen molar-refractivity contribution in [3.63, 3.8) is 0 Å². The molecule has 3 aromatic carbocycles. The second-order valence-corrected chi connectivity index (χ2v) is 11.6. The number of nitrogens with one attached hydrogen (secondary N) is 1. The van der Waals surface area contributed by atoms with E-state index < -0.39 is 17.0 Å². The monoisotopic (exact) mass is 593 g/mol. The van der Waals surface area contributed by atoms with Gasteiger partial charge in [0.05, 0.1) is 24.1 Å². The Morgan fingerprint density at radius 3 is 2.00 bits per heavy atom. The van der Waals surface area contributed by atoms with Crippen molar-refractivity contribution < 1.29 is 19.4 Å². The van der Waals surface area contributed by atoms with E-state index >= 15 is 0 Å². The molecule has 8 heteroatoms. The van der Waals surface area contributed by atoms with Crippen LogP contribution in [0.4, 0.5) is 0 Å². The third-order valence-electron chi connectivity index (χ3n) is 6.32. The number of esters is 1. The maximum absolute atomic E-state index is 13.7. The summed E-state index contributed by atoms with van der Waals surface area (Å²) < 4.78 is 9.07. The van der Waals surface area contributed by atoms with Crippen molar-refractivity contribution >= 4 is 39.8 Å². The van der Waals surface area contributed by atoms with Crippen LogP contribution in [-0.2, 0) is 23.2 Å². The number of ketones is 1. The number of halogens is 1. The van der Waals surface area contributed by atoms with E-state index in [0.717, 1.165) is 16.6 Å². The van der Waals surface area contributed by atoms with Crippen molar-refractivity contribution in [3.8, 4) is 5.75 Å². The van der Waals surface area contributed by atoms with Crippen LogP contribution in [0.15, 0.2) is 66.7 Å². The van der Waals surface area contributed by atoms with Gasteiger partial charge in [-0.05, 0) is 56.0 Å². The normalized spacial score (nSPS) is 11.7. The number of aromatic nitrogens is 2. The smallest absolute Gasteiger partial charge is 0.342 e. The molecule has 39 heavy (non-hydrogen) atoms. The van der Waals surface area contributed by atoms with Gasteiger partial charge in [0, 0.05) is 11.1 Å². The molecule has 0 aliphatic carbocycles. The average molecular weight is 595 g/mol. The molecule has 4 aromatic rings. The van der Waals surface area contributed by atoms with Crippen LogP contribution >= 0.6 is 17.0 Å². The Bertz CT molecular complexity index is 1570. The van der Waals surface area contributed by atoms with Gasteiger partial charge in [-0.3, -0.25) is 10.2 Å². The van der Waals surface area contributed by atoms with Crippen molar-refractivity contribution in [1.82, 2.24) is 9.13 Å². The third-order valence-corrected chi connectivity index (χ3v) is 6.32. The number of carbonyl (C=O) groups is 2. The number of benzene rings is 3. The minimum atomic E-state index is -0.762. The molecule has 7 nitrogen and oxygen atoms in total. The lowest BCUT2D eigenvalue weighted by Gasteiger charge is -2.24. The molecule has 0 saturated carbocycles. The van der Waals surface area contributed by atoms with E-state index in [4.69, 9.17) is 10.1 Å². The fourth-order valence-electron chi connectivity index (χ4n) is 4.47. The summed E-state index contributed by atoms with van der Waals surface area (Å²) in [4.78, 5) is 26.6. The lowest BCUT2D eigenvalue weighted by atomic mass is 9.83. The highest BCUT2D eigenvalue weighted by Gasteiger charge is 2.28. The van der Waals surface area contributed by atoms with Crippen molar-refractivity contribution in [2.75, 3.05) is 0 Å². The first-order valence-electron chi connectivity index (χ1n) is 12.7. The van der Waals surface area contributed by atoms with Gasteiger partial charge in [-0.1, -0.05) is 63.2 Å². The Labute approximate surface area is 239 Å². The first kappa shape index (κ1) is 29.9. The lowest BCUT2D eigenvalue weighted by Crippen LogP contribution is -2.28. The van der Waals surface area contributed by atoms with E-state index in [1.165, 1.54) is 6.07 Å². The molecule has 0 unspecified atom stereocenters. The van der Waals surface area contributed by atoms with Crippen LogP contribution in [0, 0.1) is 5.41 Å². The fourth-order valence-corrected chi connectivity index (χ4v) is 4.47. The van der Waals surface area contributed by atoms with Gasteiger partial charge in [0.25, 0.3) is 0 Å². The summed E-state index contributed by atoms with van der Waals surface area (Å²) in [6.07, 6.45) is 0. The molecule has 206 valence electrons. The van der Waals surface area contributed by atoms with Gasteiger partial charge in [0.2, 0.25) is 5.62 Å². The summed E-state index contributed by atoms with van der Waals surface area (Å²) in [5.41, 5.74) is 2.29. The number of phenolic OH excluding ortho intramolecular Hbond substituents is 1. The number of rotatable bonds is 6. The first-order valence-corrected chi connectivity index (χ1v) is 12.7. The molecule has 2 N–H and O–H groups in total. The first-order chi connectivity index (χ1) is 17.8. The molecule has 0 aliphatic heterocycles. The number of hydrogen-bond donors (Lipinski definition) is 2. The van der Waals surface area contributed by atoms with Gasteiger partial charge in [-0.2, -0.15) is 0 Å². The zero-order valence-electron chi connectivity index (χ0n) is 23.2. The summed E-state index contributed by atoms with van der Waals surface area (Å²) in [5.74, 6) is -1.15. The topological polar surface area (TPSA) is 97.3 Å². The van der Waals surface area contributed by atoms with Crippen LogP contribution in [-0.4, -0.2) is 31.6 Å². The maximum atomic E-state index is 13.7. The Kier molecular flexibility index (Phi) is 8.60. The highest BCUT2D eigenvalue weighted by atomic mass is 79.9. The molecule has 0 radical (unpaired) electrons. The zero-order valence-corrected chi connectivity index (χ0v) is 25.0. The molecule has 0 fully saturated rings. The van der Waals surface area contributed by atoms with E-state index in [2.05, 4.69) is 0 Å². The number of aromatic hydroxyl groups is 1. The van der Waals surface area contributed by atoms with Gasteiger partial charge in [-0.15, -0.1) is 17.0 Å². The van der Waals surface area contributed by atoms with E-state index in [0.29, 0.717) is 12.1 Å². The number of Topliss-reactive ketones (excluding diaryl/α,β-unsaturated/α-hetero) is 1. The number of ether oxygens (including phenoxy) is 1. The van der Waals surface area contributed by atoms with E-state index in [-0.39, 0.29) is 51.8 Å². The number of phenols is 1. The standard InChI is InChI=1S/C31H35N3O4.BrH/c1-30(2,3)23-17-21(16-22(27(23)36)28(37)38-31(4,5)6)26(35)19-34-25-15-11-10-14-24(25)33(29(34)32)18-20-12-8-7-9-13-20;/h7-17,32,36H,18-19H2,1-6H3;1H. The highest BCUT2D eigenvalue weighted by Crippen LogP contribution is 2.35. The summed E-state index contributed by atoms with van der Waals surface area (Å²) in [5, 5.41) is 19.9. The number of carbonyl (C=O) groups excluding carboxylic acids is 2. The Morgan fingerprint density at radius 2 is 1.44 bits per heavy atom. The highest BCUT2D eigenvalue weighted by molar-refractivity contribution is 8.93. The second-order valence-electron chi connectivity index (χ2n) is 11.6. The number of fused-ring (bicyclic) bond motifs is 1. The van der Waals surface area contributed by atoms with Gasteiger partial charge >= 0.3 is 5.97 Å². The second kappa shape index (κ2) is 11.2. The molecule has 0 aliphatic rings. The molecule has 0 saturated heterocycles. The number of imidazole rings is 1. The molecule has 4 rings (SSSR count). The van der Waals surface area contributed by atoms with Crippen LogP contribution < -0.4 is 5.62 Å². The van der Waals surface area contributed by atoms with E-state index in [1.54, 1.807) is 31.4 Å². The molecule has 0 bridgehead atoms. The molecule has 0 amide bonds. The van der Waals surface area contributed by atoms with Gasteiger partial charge < -0.3 is 19.0 Å². The van der Waals surface area contributed by atoms with E-state index in [9.17, 15) is 14.7 Å². The van der Waals surface area contributed by atoms with Crippen LogP contribution in [0.3, 0.4) is 0 Å². The quantitative estimate of drug-likeness (QED) is 0.200. The van der Waals surface area contributed by atoms with Crippen molar-refractivity contribution in [2.24, 2.45) is 0 Å². The van der Waals surface area contributed by atoms with Crippen LogP contribution in [0.1, 0.15) is 73.4 Å². The molecular formula is C31H36BrN3O4. The molecule has 1 heterocycles. The van der Waals surface area contributed by atoms with E-state index in [1.807, 2.05) is 79.9 Å². The fraction of sp³-hybridized carbons (Fsp3) is 0.323. The molecule has 0 atom stereocenters. The van der Waals surface area contributed by atoms with Crippen LogP contribution in [0.5, 0.6) is 5.75 Å². The molecule has 1 aromatic heterocycles. The number of nitrogens with zero attached hydrogens (tertiary/aromatic N) is 2. The van der Waals surface area contributed by atoms with Crippen molar-refractivity contribution in [1.29, 1.82) is 5.41 Å². The van der Waals surface area contributed by atoms with Gasteiger partial charge in [0.15, 0.2) is 5.78 Å². The zero-order chi connectivity index (χ0) is 27.8. The van der Waals surface area contributed by atoms with Gasteiger partial charge in [-0.25, -0.2) is 4.79 Å². The van der Waals surface area contributed by atoms with Crippen LogP contribution in [0.25, 0.3) is 11.0 Å². The maximum Gasteiger partial charge on any atom is 0.342 e. The summed E-state index contributed by atoms with van der Waals surface area (Å²) >= 11 is 0. The van der Waals surface area contributed by atoms with Crippen LogP contribution in [0.2, 0.25) is 0 Å². The summed E-state index contributed by atoms with van der Waals surface area (Å²) in [6, 6.07) is 20.6. The Morgan fingerprint density at radius 1 is 0.872 bits per heavy atom. The number of hydrogen-bond acceptors (Lipinski definition) is 5. The predicted octanol–water partition coefficient (Wildman–Crippen LogP) is 6.39. The lowest BCUT2D eigenvalue weighted by molar-refractivity contribution is 0.00665. The third kappa shape index (κ3) is 6.50. The predicted molar refractivity (Wildman–Crippen MR) is 158 cm³/mol. The molecular weight excluding hydrogens is 558 g/mol. The van der Waals surface area contributed by atoms with Crippen molar-refractivity contribution in [2.45, 2.75) is 65.6 Å². The molecule has 0 spiro atoms. The minimum absolute atomic E-state index is 0. The Balaban J connectivity index is 0.00000420. The number of para-hydroxylation sites is 2. The average Bonchev–Trinajstić information content (AvgIpc) is 3.09. The van der Waals surface area contributed by atoms with Crippen molar-refractivity contribution in [3.05, 3.63) is 94.6 Å². The largest absolute Gasteiger partial charge is 0.507 e. The Hall–Kier alpha value is -3.65.